The number of rotatable bonds is 8. The van der Waals surface area contributed by atoms with Crippen LogP contribution in [0, 0.1) is 11.6 Å². The molecule has 8 nitrogen and oxygen atoms in total. The number of nitrogens with one attached hydrogen (secondary N) is 2. The van der Waals surface area contributed by atoms with Crippen LogP contribution >= 0.6 is 0 Å². The molecule has 0 unspecified atom stereocenters. The van der Waals surface area contributed by atoms with E-state index in [2.05, 4.69) is 19.7 Å². The molecule has 0 saturated heterocycles. The van der Waals surface area contributed by atoms with Crippen LogP contribution in [0.4, 0.5) is 20.3 Å². The average molecular weight is 500 g/mol. The summed E-state index contributed by atoms with van der Waals surface area (Å²) < 4.78 is 56.0. The van der Waals surface area contributed by atoms with Crippen LogP contribution in [0.5, 0.6) is 0 Å². The second kappa shape index (κ2) is 9.41. The Morgan fingerprint density at radius 1 is 1.09 bits per heavy atom. The van der Waals surface area contributed by atoms with Crippen molar-refractivity contribution in [2.75, 3.05) is 29.5 Å². The first-order chi connectivity index (χ1) is 16.6. The zero-order valence-electron chi connectivity index (χ0n) is 19.3. The number of hydrogen-bond acceptors (Lipinski definition) is 6. The summed E-state index contributed by atoms with van der Waals surface area (Å²) in [4.78, 5) is 26.6. The van der Waals surface area contributed by atoms with Gasteiger partial charge in [0.2, 0.25) is 15.8 Å². The first-order valence-corrected chi connectivity index (χ1v) is 12.4. The number of nitrogens with zero attached hydrogens (tertiary/aromatic N) is 3. The molecule has 2 N–H and O–H groups in total. The minimum absolute atomic E-state index is 0.00131. The highest BCUT2D eigenvalue weighted by Crippen LogP contribution is 2.30. The van der Waals surface area contributed by atoms with Crippen molar-refractivity contribution in [2.24, 2.45) is 0 Å². The maximum Gasteiger partial charge on any atom is 0.232 e. The Morgan fingerprint density at radius 2 is 1.83 bits per heavy atom. The molecular weight excluding hydrogens is 476 g/mol. The highest BCUT2D eigenvalue weighted by Gasteiger charge is 2.26. The van der Waals surface area contributed by atoms with Crippen molar-refractivity contribution in [3.63, 3.8) is 0 Å². The lowest BCUT2D eigenvalue weighted by Crippen LogP contribution is -2.18. The molecule has 0 aliphatic heterocycles. The monoisotopic (exact) mass is 499 g/mol. The zero-order valence-corrected chi connectivity index (χ0v) is 20.1. The summed E-state index contributed by atoms with van der Waals surface area (Å²) in [5, 5.41) is 0.361. The first-order valence-electron chi connectivity index (χ1n) is 10.8. The highest BCUT2D eigenvalue weighted by molar-refractivity contribution is 7.92. The summed E-state index contributed by atoms with van der Waals surface area (Å²) >= 11 is 0. The molecule has 0 spiro atoms. The number of carbonyl (C=O) groups is 1. The summed E-state index contributed by atoms with van der Waals surface area (Å²) in [7, 11) is -0.104. The van der Waals surface area contributed by atoms with E-state index in [1.165, 1.54) is 6.20 Å². The van der Waals surface area contributed by atoms with Gasteiger partial charge in [0.05, 0.1) is 17.0 Å². The minimum atomic E-state index is -3.84. The van der Waals surface area contributed by atoms with Crippen molar-refractivity contribution in [3.05, 3.63) is 71.7 Å². The normalized spacial score (nSPS) is 11.6. The van der Waals surface area contributed by atoms with Gasteiger partial charge in [-0.2, -0.15) is 0 Å². The van der Waals surface area contributed by atoms with Crippen LogP contribution in [-0.2, 0) is 10.0 Å². The van der Waals surface area contributed by atoms with Crippen molar-refractivity contribution < 1.29 is 22.0 Å². The van der Waals surface area contributed by atoms with E-state index in [0.29, 0.717) is 23.0 Å². The predicted molar refractivity (Wildman–Crippen MR) is 131 cm³/mol. The summed E-state index contributed by atoms with van der Waals surface area (Å²) in [6.45, 7) is 1.65. The van der Waals surface area contributed by atoms with Crippen LogP contribution in [0.3, 0.4) is 0 Å². The first kappa shape index (κ1) is 24.3. The fourth-order valence-corrected chi connectivity index (χ4v) is 4.76. The molecule has 182 valence electrons. The summed E-state index contributed by atoms with van der Waals surface area (Å²) in [6, 6.07) is 7.18. The quantitative estimate of drug-likeness (QED) is 0.349. The highest BCUT2D eigenvalue weighted by atomic mass is 32.2. The molecule has 1 aromatic carbocycles. The molecule has 35 heavy (non-hydrogen) atoms. The number of halogens is 2. The van der Waals surface area contributed by atoms with E-state index in [1.807, 2.05) is 31.1 Å². The lowest BCUT2D eigenvalue weighted by atomic mass is 10.00. The van der Waals surface area contributed by atoms with Crippen molar-refractivity contribution in [1.82, 2.24) is 15.0 Å². The number of pyridine rings is 2. The van der Waals surface area contributed by atoms with Crippen LogP contribution < -0.4 is 9.62 Å². The Kier molecular flexibility index (Phi) is 6.53. The van der Waals surface area contributed by atoms with Crippen molar-refractivity contribution in [1.29, 1.82) is 0 Å². The molecule has 0 fully saturated rings. The van der Waals surface area contributed by atoms with Gasteiger partial charge in [0.15, 0.2) is 5.82 Å². The minimum Gasteiger partial charge on any atom is -0.363 e. The van der Waals surface area contributed by atoms with E-state index in [0.717, 1.165) is 23.5 Å². The largest absolute Gasteiger partial charge is 0.363 e. The molecular formula is C24H23F2N5O3S. The number of anilines is 2. The summed E-state index contributed by atoms with van der Waals surface area (Å²) in [5.74, 6) is -2.80. The maximum atomic E-state index is 15.2. The standard InChI is InChI=1S/C24H23F2N5O3S/c1-4-9-35(33,34)30-19-7-6-18(25)21(22(19)26)23(32)17-13-29-24-16(17)10-15(12-28-24)14-5-8-20(27-11-14)31(2)3/h5-8,10-13,30H,4,9H2,1-3H3,(H,28,29). The van der Waals surface area contributed by atoms with Crippen LogP contribution in [0.15, 0.2) is 48.9 Å². The zero-order chi connectivity index (χ0) is 25.3. The molecule has 0 radical (unpaired) electrons. The third-order valence-corrected chi connectivity index (χ3v) is 6.85. The van der Waals surface area contributed by atoms with Crippen LogP contribution in [0.1, 0.15) is 29.3 Å². The fourth-order valence-electron chi connectivity index (χ4n) is 3.63. The van der Waals surface area contributed by atoms with Crippen molar-refractivity contribution >= 4 is 38.3 Å². The number of hydrogen-bond donors (Lipinski definition) is 2. The second-order valence-electron chi connectivity index (χ2n) is 8.16. The number of fused-ring (bicyclic) bond motifs is 1. The number of aromatic nitrogens is 3. The number of ketones is 1. The van der Waals surface area contributed by atoms with Gasteiger partial charge in [0, 0.05) is 54.8 Å². The van der Waals surface area contributed by atoms with Gasteiger partial charge >= 0.3 is 0 Å². The molecule has 0 atom stereocenters. The third-order valence-electron chi connectivity index (χ3n) is 5.37. The Bertz CT molecular complexity index is 1520. The molecule has 3 heterocycles. The van der Waals surface area contributed by atoms with E-state index in [9.17, 15) is 17.6 Å². The molecule has 4 rings (SSSR count). The smallest absolute Gasteiger partial charge is 0.232 e. The Hall–Kier alpha value is -3.86. The number of aromatic amines is 1. The van der Waals surface area contributed by atoms with E-state index in [-0.39, 0.29) is 11.3 Å². The van der Waals surface area contributed by atoms with Gasteiger partial charge in [-0.3, -0.25) is 9.52 Å². The van der Waals surface area contributed by atoms with Crippen molar-refractivity contribution in [2.45, 2.75) is 13.3 Å². The van der Waals surface area contributed by atoms with Crippen LogP contribution in [0.2, 0.25) is 0 Å². The number of H-pyrrole nitrogens is 1. The van der Waals surface area contributed by atoms with E-state index >= 15 is 4.39 Å². The van der Waals surface area contributed by atoms with Gasteiger partial charge in [-0.25, -0.2) is 27.2 Å². The number of benzene rings is 1. The molecule has 0 saturated carbocycles. The molecule has 0 bridgehead atoms. The predicted octanol–water partition coefficient (Wildman–Crippen LogP) is 4.35. The molecule has 3 aromatic heterocycles. The SMILES string of the molecule is CCCS(=O)(=O)Nc1ccc(F)c(C(=O)c2c[nH]c3ncc(-c4ccc(N(C)C)nc4)cc23)c1F. The fraction of sp³-hybridized carbons (Fsp3) is 0.208. The van der Waals surface area contributed by atoms with Crippen LogP contribution in [-0.4, -0.2) is 49.0 Å². The molecule has 4 aromatic rings. The van der Waals surface area contributed by atoms with Gasteiger partial charge in [-0.05, 0) is 36.8 Å². The Balaban J connectivity index is 1.75. The average Bonchev–Trinajstić information content (AvgIpc) is 3.24. The molecule has 0 aliphatic carbocycles. The molecule has 0 amide bonds. The summed E-state index contributed by atoms with van der Waals surface area (Å²) in [5.41, 5.74) is 0.411. The lowest BCUT2D eigenvalue weighted by Gasteiger charge is -2.12. The topological polar surface area (TPSA) is 108 Å². The van der Waals surface area contributed by atoms with Gasteiger partial charge in [0.25, 0.3) is 0 Å². The molecule has 0 aliphatic rings. The van der Waals surface area contributed by atoms with Gasteiger partial charge in [-0.1, -0.05) is 6.92 Å². The number of sulfonamides is 1. The number of carbonyl (C=O) groups excluding carboxylic acids is 1. The summed E-state index contributed by atoms with van der Waals surface area (Å²) in [6.07, 6.45) is 4.90. The van der Waals surface area contributed by atoms with Gasteiger partial charge < -0.3 is 9.88 Å². The van der Waals surface area contributed by atoms with Gasteiger partial charge in [-0.15, -0.1) is 0 Å². The van der Waals surface area contributed by atoms with Gasteiger partial charge in [0.1, 0.15) is 17.3 Å². The van der Waals surface area contributed by atoms with E-state index in [4.69, 9.17) is 0 Å². The van der Waals surface area contributed by atoms with E-state index in [1.54, 1.807) is 25.4 Å². The Morgan fingerprint density at radius 3 is 2.49 bits per heavy atom. The van der Waals surface area contributed by atoms with Crippen molar-refractivity contribution in [3.8, 4) is 11.1 Å². The maximum absolute atomic E-state index is 15.2. The molecule has 11 heteroatoms. The van der Waals surface area contributed by atoms with Crippen LogP contribution in [0.25, 0.3) is 22.2 Å². The van der Waals surface area contributed by atoms with E-state index < -0.39 is 38.7 Å². The Labute approximate surface area is 201 Å². The lowest BCUT2D eigenvalue weighted by molar-refractivity contribution is 0.103. The third kappa shape index (κ3) is 4.85. The second-order valence-corrected chi connectivity index (χ2v) is 10.00.